The fourth-order valence-corrected chi connectivity index (χ4v) is 3.99. The van der Waals surface area contributed by atoms with E-state index >= 15 is 0 Å². The van der Waals surface area contributed by atoms with Gasteiger partial charge in [-0.15, -0.1) is 0 Å². The number of nitrogens with one attached hydrogen (secondary N) is 1. The maximum atomic E-state index is 13.5. The van der Waals surface area contributed by atoms with Crippen LogP contribution in [0.4, 0.5) is 8.78 Å². The van der Waals surface area contributed by atoms with Crippen molar-refractivity contribution in [1.82, 2.24) is 5.32 Å². The van der Waals surface area contributed by atoms with Crippen molar-refractivity contribution in [2.75, 3.05) is 6.54 Å². The number of carbonyl (C=O) groups excluding carboxylic acids is 1. The van der Waals surface area contributed by atoms with Crippen LogP contribution in [0.25, 0.3) is 0 Å². The zero-order valence-corrected chi connectivity index (χ0v) is 17.5. The van der Waals surface area contributed by atoms with Crippen molar-refractivity contribution in [3.8, 4) is 0 Å². The number of halogens is 2. The van der Waals surface area contributed by atoms with Gasteiger partial charge in [0.05, 0.1) is 6.10 Å². The summed E-state index contributed by atoms with van der Waals surface area (Å²) in [4.78, 5) is 11.5. The molecule has 1 amide bonds. The molecule has 0 aliphatic heterocycles. The summed E-state index contributed by atoms with van der Waals surface area (Å²) in [6.07, 6.45) is 1.16. The molecule has 4 nitrogen and oxygen atoms in total. The van der Waals surface area contributed by atoms with Crippen LogP contribution in [0.1, 0.15) is 55.7 Å². The first-order valence-electron chi connectivity index (χ1n) is 10.5. The standard InChI is InChI=1S/C24H30F2N2O2/c1-15(2)17-4-3-5-19(11-17)24(6-7-24)28-14-22(29)18(12-23(27)30)8-16-9-20(25)13-21(26)10-16/h3-5,9-11,13,15,18,22,28-29H,6-8,12,14H2,1-2H3,(H2,27,30). The Labute approximate surface area is 176 Å². The Balaban J connectivity index is 1.69. The summed E-state index contributed by atoms with van der Waals surface area (Å²) in [6.45, 7) is 4.57. The minimum Gasteiger partial charge on any atom is -0.391 e. The van der Waals surface area contributed by atoms with Crippen molar-refractivity contribution in [2.24, 2.45) is 11.7 Å². The average Bonchev–Trinajstić information content (AvgIpc) is 3.46. The molecule has 0 radical (unpaired) electrons. The molecule has 2 atom stereocenters. The molecule has 0 spiro atoms. The first kappa shape index (κ1) is 22.4. The Hall–Kier alpha value is -2.31. The lowest BCUT2D eigenvalue weighted by Gasteiger charge is -2.26. The third-order valence-electron chi connectivity index (χ3n) is 5.93. The summed E-state index contributed by atoms with van der Waals surface area (Å²) in [5, 5.41) is 14.2. The van der Waals surface area contributed by atoms with E-state index in [4.69, 9.17) is 5.73 Å². The normalized spacial score (nSPS) is 17.0. The number of primary amides is 1. The molecule has 3 rings (SSSR count). The number of benzene rings is 2. The van der Waals surface area contributed by atoms with E-state index in [9.17, 15) is 18.7 Å². The van der Waals surface area contributed by atoms with Crippen LogP contribution in [0.3, 0.4) is 0 Å². The monoisotopic (exact) mass is 416 g/mol. The number of carbonyl (C=O) groups is 1. The van der Waals surface area contributed by atoms with Gasteiger partial charge in [0.2, 0.25) is 5.91 Å². The van der Waals surface area contributed by atoms with Gasteiger partial charge in [-0.25, -0.2) is 8.78 Å². The van der Waals surface area contributed by atoms with Gasteiger partial charge in [0.15, 0.2) is 0 Å². The molecule has 2 unspecified atom stereocenters. The van der Waals surface area contributed by atoms with E-state index in [1.807, 2.05) is 0 Å². The zero-order valence-electron chi connectivity index (χ0n) is 17.5. The number of rotatable bonds is 10. The van der Waals surface area contributed by atoms with E-state index in [0.29, 0.717) is 11.5 Å². The van der Waals surface area contributed by atoms with Crippen molar-refractivity contribution in [3.63, 3.8) is 0 Å². The number of hydrogen-bond acceptors (Lipinski definition) is 3. The van der Waals surface area contributed by atoms with Crippen LogP contribution >= 0.6 is 0 Å². The van der Waals surface area contributed by atoms with Gasteiger partial charge < -0.3 is 16.2 Å². The molecule has 0 heterocycles. The smallest absolute Gasteiger partial charge is 0.217 e. The fourth-order valence-electron chi connectivity index (χ4n) is 3.99. The Bertz CT molecular complexity index is 876. The van der Waals surface area contributed by atoms with Crippen LogP contribution in [-0.2, 0) is 16.8 Å². The Kier molecular flexibility index (Phi) is 6.88. The zero-order chi connectivity index (χ0) is 21.9. The molecule has 1 fully saturated rings. The minimum atomic E-state index is -0.880. The molecule has 0 aromatic heterocycles. The largest absolute Gasteiger partial charge is 0.391 e. The van der Waals surface area contributed by atoms with E-state index in [0.717, 1.165) is 18.9 Å². The lowest BCUT2D eigenvalue weighted by Crippen LogP contribution is -2.40. The summed E-state index contributed by atoms with van der Waals surface area (Å²) >= 11 is 0. The predicted octanol–water partition coefficient (Wildman–Crippen LogP) is 3.76. The van der Waals surface area contributed by atoms with Crippen molar-refractivity contribution < 1.29 is 18.7 Å². The molecule has 0 saturated heterocycles. The number of aliphatic hydroxyl groups is 1. The second-order valence-electron chi connectivity index (χ2n) is 8.72. The Morgan fingerprint density at radius 2 is 1.83 bits per heavy atom. The molecule has 1 aliphatic rings. The van der Waals surface area contributed by atoms with E-state index in [-0.39, 0.29) is 24.9 Å². The summed E-state index contributed by atoms with van der Waals surface area (Å²) in [7, 11) is 0. The van der Waals surface area contributed by atoms with E-state index < -0.39 is 29.6 Å². The SMILES string of the molecule is CC(C)c1cccc(C2(NCC(O)C(CC(N)=O)Cc3cc(F)cc(F)c3)CC2)c1. The molecule has 1 aliphatic carbocycles. The predicted molar refractivity (Wildman–Crippen MR) is 113 cm³/mol. The van der Waals surface area contributed by atoms with Crippen molar-refractivity contribution in [2.45, 2.75) is 57.1 Å². The third-order valence-corrected chi connectivity index (χ3v) is 5.93. The highest BCUT2D eigenvalue weighted by molar-refractivity contribution is 5.74. The molecular formula is C24H30F2N2O2. The maximum absolute atomic E-state index is 13.5. The second-order valence-corrected chi connectivity index (χ2v) is 8.72. The van der Waals surface area contributed by atoms with Crippen LogP contribution in [-0.4, -0.2) is 23.7 Å². The fraction of sp³-hybridized carbons (Fsp3) is 0.458. The van der Waals surface area contributed by atoms with Crippen molar-refractivity contribution in [1.29, 1.82) is 0 Å². The molecule has 4 N–H and O–H groups in total. The summed E-state index contributed by atoms with van der Waals surface area (Å²) < 4.78 is 27.1. The Morgan fingerprint density at radius 3 is 2.40 bits per heavy atom. The van der Waals surface area contributed by atoms with E-state index in [2.05, 4.69) is 43.4 Å². The molecule has 1 saturated carbocycles. The minimum absolute atomic E-state index is 0.0587. The molecule has 6 heteroatoms. The van der Waals surface area contributed by atoms with Crippen LogP contribution < -0.4 is 11.1 Å². The topological polar surface area (TPSA) is 75.3 Å². The van der Waals surface area contributed by atoms with Gasteiger partial charge >= 0.3 is 0 Å². The number of hydrogen-bond donors (Lipinski definition) is 3. The van der Waals surface area contributed by atoms with Crippen LogP contribution in [0.5, 0.6) is 0 Å². The van der Waals surface area contributed by atoms with Crippen LogP contribution in [0, 0.1) is 17.6 Å². The van der Waals surface area contributed by atoms with Gasteiger partial charge in [-0.1, -0.05) is 38.1 Å². The second kappa shape index (κ2) is 9.23. The quantitative estimate of drug-likeness (QED) is 0.552. The highest BCUT2D eigenvalue weighted by Crippen LogP contribution is 2.46. The molecule has 0 bridgehead atoms. The number of amides is 1. The number of aliphatic hydroxyl groups excluding tert-OH is 1. The Morgan fingerprint density at radius 1 is 1.17 bits per heavy atom. The summed E-state index contributed by atoms with van der Waals surface area (Å²) in [6, 6.07) is 11.7. The molecule has 162 valence electrons. The first-order chi connectivity index (χ1) is 14.2. The van der Waals surface area contributed by atoms with Crippen molar-refractivity contribution >= 4 is 5.91 Å². The molecule has 2 aromatic carbocycles. The van der Waals surface area contributed by atoms with Gasteiger partial charge in [-0.3, -0.25) is 4.79 Å². The lowest BCUT2D eigenvalue weighted by molar-refractivity contribution is -0.119. The first-order valence-corrected chi connectivity index (χ1v) is 10.5. The molecular weight excluding hydrogens is 386 g/mol. The lowest BCUT2D eigenvalue weighted by atomic mass is 9.90. The van der Waals surface area contributed by atoms with Crippen LogP contribution in [0.2, 0.25) is 0 Å². The number of nitrogens with two attached hydrogens (primary N) is 1. The highest BCUT2D eigenvalue weighted by Gasteiger charge is 2.44. The van der Waals surface area contributed by atoms with Gasteiger partial charge in [-0.05, 0) is 59.9 Å². The molecule has 2 aromatic rings. The third kappa shape index (κ3) is 5.64. The van der Waals surface area contributed by atoms with E-state index in [1.54, 1.807) is 0 Å². The van der Waals surface area contributed by atoms with Gasteiger partial charge in [0.1, 0.15) is 11.6 Å². The van der Waals surface area contributed by atoms with Gasteiger partial charge in [-0.2, -0.15) is 0 Å². The van der Waals surface area contributed by atoms with E-state index in [1.165, 1.54) is 23.3 Å². The van der Waals surface area contributed by atoms with Gasteiger partial charge in [0, 0.05) is 24.6 Å². The maximum Gasteiger partial charge on any atom is 0.217 e. The van der Waals surface area contributed by atoms with Gasteiger partial charge in [0.25, 0.3) is 0 Å². The van der Waals surface area contributed by atoms with Crippen LogP contribution in [0.15, 0.2) is 42.5 Å². The summed E-state index contributed by atoms with van der Waals surface area (Å²) in [5.74, 6) is -2.02. The van der Waals surface area contributed by atoms with Crippen molar-refractivity contribution in [3.05, 3.63) is 70.8 Å². The summed E-state index contributed by atoms with van der Waals surface area (Å²) in [5.41, 5.74) is 8.03. The highest BCUT2D eigenvalue weighted by atomic mass is 19.1. The molecule has 30 heavy (non-hydrogen) atoms. The average molecular weight is 417 g/mol.